The normalized spacial score (nSPS) is 13.4. The number of rotatable bonds is 13. The van der Waals surface area contributed by atoms with Crippen LogP contribution in [0.4, 0.5) is 23.7 Å². The molecule has 11 nitrogen and oxygen atoms in total. The molecule has 0 spiro atoms. The SMILES string of the molecule is CC(NC(=O)C(COCc1ccccc1)NC(=O)OC(C)(C)C)C(=O)NC(Cc1ccc(C(F)(F)F)cc1)C(=O)Nc1cnc2ccccc2c1. The molecular formula is C37H40F3N5O6. The van der Waals surface area contributed by atoms with Crippen molar-refractivity contribution in [1.82, 2.24) is 20.9 Å². The van der Waals surface area contributed by atoms with Gasteiger partial charge in [-0.05, 0) is 63.1 Å². The molecule has 3 atom stereocenters. The summed E-state index contributed by atoms with van der Waals surface area (Å²) in [6, 6.07) is 18.5. The number of alkyl carbamates (subject to hydrolysis) is 1. The third-order valence-electron chi connectivity index (χ3n) is 7.37. The third kappa shape index (κ3) is 12.1. The molecule has 0 aliphatic carbocycles. The highest BCUT2D eigenvalue weighted by atomic mass is 19.4. The Kier molecular flexibility index (Phi) is 12.7. The van der Waals surface area contributed by atoms with Gasteiger partial charge >= 0.3 is 12.3 Å². The summed E-state index contributed by atoms with van der Waals surface area (Å²) in [4.78, 5) is 57.2. The molecule has 0 aliphatic heterocycles. The second-order valence-electron chi connectivity index (χ2n) is 12.8. The van der Waals surface area contributed by atoms with Gasteiger partial charge < -0.3 is 30.7 Å². The molecule has 3 aromatic carbocycles. The van der Waals surface area contributed by atoms with E-state index in [0.29, 0.717) is 16.8 Å². The summed E-state index contributed by atoms with van der Waals surface area (Å²) in [5.74, 6) is -2.20. The standard InChI is InChI=1S/C37H40F3N5O6/c1-23(42-34(48)31(45-35(49)51-36(2,3)4)22-50-21-25-10-6-5-7-11-25)32(46)44-30(18-24-14-16-27(17-15-24)37(38,39)40)33(47)43-28-19-26-12-8-9-13-29(26)41-20-28/h5-17,19-20,23,30-31H,18,21-22H2,1-4H3,(H,42,48)(H,43,47)(H,44,46)(H,45,49). The van der Waals surface area contributed by atoms with Crippen LogP contribution in [0.1, 0.15) is 44.4 Å². The number of hydrogen-bond acceptors (Lipinski definition) is 7. The maximum absolute atomic E-state index is 13.5. The van der Waals surface area contributed by atoms with Gasteiger partial charge in [-0.2, -0.15) is 13.2 Å². The van der Waals surface area contributed by atoms with Gasteiger partial charge in [-0.1, -0.05) is 60.7 Å². The van der Waals surface area contributed by atoms with Crippen LogP contribution in [0.25, 0.3) is 10.9 Å². The molecule has 51 heavy (non-hydrogen) atoms. The molecule has 1 heterocycles. The van der Waals surface area contributed by atoms with Crippen LogP contribution < -0.4 is 21.3 Å². The van der Waals surface area contributed by atoms with Gasteiger partial charge in [0.1, 0.15) is 23.7 Å². The topological polar surface area (TPSA) is 148 Å². The number of alkyl halides is 3. The lowest BCUT2D eigenvalue weighted by Gasteiger charge is -2.25. The maximum Gasteiger partial charge on any atom is 0.416 e. The van der Waals surface area contributed by atoms with E-state index in [0.717, 1.165) is 23.1 Å². The first-order chi connectivity index (χ1) is 24.1. The average Bonchev–Trinajstić information content (AvgIpc) is 3.06. The highest BCUT2D eigenvalue weighted by Gasteiger charge is 2.31. The van der Waals surface area contributed by atoms with Crippen molar-refractivity contribution >= 4 is 40.4 Å². The van der Waals surface area contributed by atoms with Crippen LogP contribution in [-0.2, 0) is 43.1 Å². The minimum Gasteiger partial charge on any atom is -0.444 e. The molecule has 0 saturated carbocycles. The molecule has 4 rings (SSSR count). The smallest absolute Gasteiger partial charge is 0.416 e. The van der Waals surface area contributed by atoms with Crippen LogP contribution >= 0.6 is 0 Å². The van der Waals surface area contributed by atoms with Crippen molar-refractivity contribution in [3.05, 3.63) is 108 Å². The van der Waals surface area contributed by atoms with E-state index < -0.39 is 59.3 Å². The van der Waals surface area contributed by atoms with Crippen LogP contribution in [-0.4, -0.2) is 59.1 Å². The Hall–Kier alpha value is -5.50. The summed E-state index contributed by atoms with van der Waals surface area (Å²) in [7, 11) is 0. The molecule has 0 fully saturated rings. The summed E-state index contributed by atoms with van der Waals surface area (Å²) in [6.07, 6.45) is -4.16. The molecule has 1 aromatic heterocycles. The number of benzene rings is 3. The first-order valence-corrected chi connectivity index (χ1v) is 16.1. The van der Waals surface area contributed by atoms with E-state index in [1.165, 1.54) is 25.3 Å². The molecule has 4 N–H and O–H groups in total. The fraction of sp³-hybridized carbons (Fsp3) is 0.324. The summed E-state index contributed by atoms with van der Waals surface area (Å²) >= 11 is 0. The molecular weight excluding hydrogens is 667 g/mol. The number of ether oxygens (including phenoxy) is 2. The number of carbonyl (C=O) groups is 4. The van der Waals surface area contributed by atoms with E-state index in [4.69, 9.17) is 9.47 Å². The number of anilines is 1. The minimum absolute atomic E-state index is 0.143. The lowest BCUT2D eigenvalue weighted by Crippen LogP contribution is -2.56. The summed E-state index contributed by atoms with van der Waals surface area (Å²) in [6.45, 7) is 6.25. The van der Waals surface area contributed by atoms with Crippen molar-refractivity contribution in [3.8, 4) is 0 Å². The lowest BCUT2D eigenvalue weighted by atomic mass is 10.0. The lowest BCUT2D eigenvalue weighted by molar-refractivity contribution is -0.137. The largest absolute Gasteiger partial charge is 0.444 e. The molecule has 0 saturated heterocycles. The van der Waals surface area contributed by atoms with Gasteiger partial charge in [0.25, 0.3) is 0 Å². The maximum atomic E-state index is 13.5. The van der Waals surface area contributed by atoms with Crippen molar-refractivity contribution in [2.24, 2.45) is 0 Å². The van der Waals surface area contributed by atoms with E-state index >= 15 is 0 Å². The van der Waals surface area contributed by atoms with Gasteiger partial charge in [-0.25, -0.2) is 4.79 Å². The number of carbonyl (C=O) groups excluding carboxylic acids is 4. The molecule has 0 bridgehead atoms. The highest BCUT2D eigenvalue weighted by Crippen LogP contribution is 2.29. The Balaban J connectivity index is 1.47. The van der Waals surface area contributed by atoms with Crippen LogP contribution in [0, 0.1) is 0 Å². The molecule has 270 valence electrons. The summed E-state index contributed by atoms with van der Waals surface area (Å²) < 4.78 is 50.5. The number of para-hydroxylation sites is 1. The zero-order valence-electron chi connectivity index (χ0n) is 28.5. The Morgan fingerprint density at radius 1 is 0.765 bits per heavy atom. The predicted octanol–water partition coefficient (Wildman–Crippen LogP) is 5.53. The summed E-state index contributed by atoms with van der Waals surface area (Å²) in [5.41, 5.74) is 0.483. The number of halogens is 3. The van der Waals surface area contributed by atoms with Crippen LogP contribution in [0.3, 0.4) is 0 Å². The Labute approximate surface area is 293 Å². The van der Waals surface area contributed by atoms with E-state index in [-0.39, 0.29) is 19.6 Å². The number of nitrogens with one attached hydrogen (secondary N) is 4. The fourth-order valence-electron chi connectivity index (χ4n) is 4.82. The number of nitrogens with zero attached hydrogens (tertiary/aromatic N) is 1. The zero-order valence-corrected chi connectivity index (χ0v) is 28.5. The van der Waals surface area contributed by atoms with E-state index in [1.54, 1.807) is 32.9 Å². The molecule has 3 unspecified atom stereocenters. The Morgan fingerprint density at radius 3 is 2.10 bits per heavy atom. The van der Waals surface area contributed by atoms with Crippen molar-refractivity contribution in [2.45, 2.75) is 70.6 Å². The molecule has 4 aromatic rings. The predicted molar refractivity (Wildman–Crippen MR) is 184 cm³/mol. The molecule has 4 amide bonds. The van der Waals surface area contributed by atoms with Crippen molar-refractivity contribution in [3.63, 3.8) is 0 Å². The van der Waals surface area contributed by atoms with Crippen LogP contribution in [0.15, 0.2) is 91.1 Å². The second kappa shape index (κ2) is 16.9. The van der Waals surface area contributed by atoms with E-state index in [9.17, 15) is 32.3 Å². The Morgan fingerprint density at radius 2 is 1.43 bits per heavy atom. The van der Waals surface area contributed by atoms with Crippen molar-refractivity contribution < 1.29 is 41.8 Å². The number of aromatic nitrogens is 1. The van der Waals surface area contributed by atoms with Crippen molar-refractivity contribution in [1.29, 1.82) is 0 Å². The number of hydrogen-bond donors (Lipinski definition) is 4. The number of fused-ring (bicyclic) bond motifs is 1. The van der Waals surface area contributed by atoms with Gasteiger partial charge in [-0.3, -0.25) is 19.4 Å². The monoisotopic (exact) mass is 707 g/mol. The Bertz CT molecular complexity index is 1810. The number of amides is 4. The minimum atomic E-state index is -4.55. The quantitative estimate of drug-likeness (QED) is 0.143. The third-order valence-corrected chi connectivity index (χ3v) is 7.37. The molecule has 0 aliphatic rings. The van der Waals surface area contributed by atoms with Gasteiger partial charge in [0.05, 0.1) is 36.2 Å². The first-order valence-electron chi connectivity index (χ1n) is 16.1. The first kappa shape index (κ1) is 38.3. The fourth-order valence-corrected chi connectivity index (χ4v) is 4.82. The van der Waals surface area contributed by atoms with Crippen LogP contribution in [0.5, 0.6) is 0 Å². The average molecular weight is 708 g/mol. The summed E-state index contributed by atoms with van der Waals surface area (Å²) in [5, 5.41) is 11.1. The van der Waals surface area contributed by atoms with Gasteiger partial charge in [0, 0.05) is 11.8 Å². The van der Waals surface area contributed by atoms with Crippen molar-refractivity contribution in [2.75, 3.05) is 11.9 Å². The number of pyridine rings is 1. The second-order valence-corrected chi connectivity index (χ2v) is 12.8. The molecule has 14 heteroatoms. The van der Waals surface area contributed by atoms with Crippen LogP contribution in [0.2, 0.25) is 0 Å². The van der Waals surface area contributed by atoms with Gasteiger partial charge in [-0.15, -0.1) is 0 Å². The van der Waals surface area contributed by atoms with Gasteiger partial charge in [0.2, 0.25) is 17.7 Å². The highest BCUT2D eigenvalue weighted by molar-refractivity contribution is 5.99. The zero-order chi connectivity index (χ0) is 37.2. The molecule has 0 radical (unpaired) electrons. The van der Waals surface area contributed by atoms with E-state index in [2.05, 4.69) is 26.3 Å². The van der Waals surface area contributed by atoms with Gasteiger partial charge in [0.15, 0.2) is 0 Å². The van der Waals surface area contributed by atoms with E-state index in [1.807, 2.05) is 48.5 Å².